The molecule has 28 heavy (non-hydrogen) atoms. The highest BCUT2D eigenvalue weighted by Gasteiger charge is 2.26. The van der Waals surface area contributed by atoms with E-state index in [1.54, 1.807) is 18.2 Å². The summed E-state index contributed by atoms with van der Waals surface area (Å²) >= 11 is 0. The topological polar surface area (TPSA) is 78.8 Å². The molecule has 0 bridgehead atoms. The van der Waals surface area contributed by atoms with Gasteiger partial charge in [0.2, 0.25) is 10.0 Å². The molecule has 2 aromatic carbocycles. The number of benzene rings is 2. The van der Waals surface area contributed by atoms with E-state index in [2.05, 4.69) is 17.5 Å². The molecule has 150 valence electrons. The summed E-state index contributed by atoms with van der Waals surface area (Å²) < 4.78 is 27.3. The van der Waals surface area contributed by atoms with Crippen molar-refractivity contribution < 1.29 is 13.2 Å². The largest absolute Gasteiger partial charge is 0.272 e. The normalized spacial score (nSPS) is 12.2. The summed E-state index contributed by atoms with van der Waals surface area (Å²) in [6.07, 6.45) is 2.83. The van der Waals surface area contributed by atoms with Crippen molar-refractivity contribution in [2.75, 3.05) is 6.54 Å². The zero-order chi connectivity index (χ0) is 20.4. The average molecular weight is 402 g/mol. The van der Waals surface area contributed by atoms with Crippen molar-refractivity contribution in [2.24, 2.45) is 5.10 Å². The first-order valence-corrected chi connectivity index (χ1v) is 10.8. The van der Waals surface area contributed by atoms with E-state index >= 15 is 0 Å². The van der Waals surface area contributed by atoms with Gasteiger partial charge in [0.05, 0.1) is 11.4 Å². The Morgan fingerprint density at radius 1 is 1.04 bits per heavy atom. The summed E-state index contributed by atoms with van der Waals surface area (Å²) in [6.45, 7) is 3.72. The Balaban J connectivity index is 2.18. The van der Waals surface area contributed by atoms with Gasteiger partial charge in [-0.15, -0.1) is 0 Å². The van der Waals surface area contributed by atoms with Gasteiger partial charge in [-0.3, -0.25) is 4.79 Å². The van der Waals surface area contributed by atoms with Gasteiger partial charge in [0.15, 0.2) is 0 Å². The van der Waals surface area contributed by atoms with E-state index < -0.39 is 15.9 Å². The van der Waals surface area contributed by atoms with Crippen molar-refractivity contribution in [3.05, 3.63) is 66.2 Å². The van der Waals surface area contributed by atoms with Crippen LogP contribution in [0.25, 0.3) is 0 Å². The number of hydrogen-bond acceptors (Lipinski definition) is 4. The van der Waals surface area contributed by atoms with E-state index in [1.807, 2.05) is 37.3 Å². The van der Waals surface area contributed by atoms with Gasteiger partial charge in [-0.1, -0.05) is 61.9 Å². The second-order valence-electron chi connectivity index (χ2n) is 6.56. The van der Waals surface area contributed by atoms with Crippen LogP contribution in [0.2, 0.25) is 0 Å². The number of sulfonamides is 1. The zero-order valence-electron chi connectivity index (χ0n) is 16.3. The fraction of sp³-hybridized carbons (Fsp3) is 0.333. The van der Waals surface area contributed by atoms with Crippen LogP contribution in [-0.2, 0) is 21.4 Å². The number of carbonyl (C=O) groups excluding carboxylic acids is 1. The van der Waals surface area contributed by atoms with Crippen LogP contribution in [0, 0.1) is 0 Å². The minimum atomic E-state index is -3.82. The Labute approximate surface area is 167 Å². The van der Waals surface area contributed by atoms with Crippen LogP contribution in [0.15, 0.2) is 70.7 Å². The molecule has 2 aromatic rings. The number of hydrogen-bond donors (Lipinski definition) is 1. The SMILES string of the molecule is CCCC/C(C)=N\NC(=O)CN(Cc1ccccc1)S(=O)(=O)c1ccccc1. The summed E-state index contributed by atoms with van der Waals surface area (Å²) in [7, 11) is -3.82. The summed E-state index contributed by atoms with van der Waals surface area (Å²) in [5.74, 6) is -0.466. The van der Waals surface area contributed by atoms with E-state index in [9.17, 15) is 13.2 Å². The van der Waals surface area contributed by atoms with Crippen LogP contribution >= 0.6 is 0 Å². The van der Waals surface area contributed by atoms with Crippen molar-refractivity contribution in [3.8, 4) is 0 Å². The number of unbranched alkanes of at least 4 members (excludes halogenated alkanes) is 1. The Kier molecular flexibility index (Phi) is 8.35. The third-order valence-corrected chi connectivity index (χ3v) is 5.97. The van der Waals surface area contributed by atoms with Gasteiger partial charge >= 0.3 is 0 Å². The van der Waals surface area contributed by atoms with Crippen molar-refractivity contribution in [1.29, 1.82) is 0 Å². The number of rotatable bonds is 10. The van der Waals surface area contributed by atoms with Crippen molar-refractivity contribution in [3.63, 3.8) is 0 Å². The van der Waals surface area contributed by atoms with Crippen LogP contribution in [0.5, 0.6) is 0 Å². The lowest BCUT2D eigenvalue weighted by Gasteiger charge is -2.21. The average Bonchev–Trinajstić information content (AvgIpc) is 2.71. The highest BCUT2D eigenvalue weighted by atomic mass is 32.2. The number of carbonyl (C=O) groups is 1. The summed E-state index contributed by atoms with van der Waals surface area (Å²) in [6, 6.07) is 17.3. The standard InChI is InChI=1S/C21H27N3O3S/c1-3-4-11-18(2)22-23-21(25)17-24(16-19-12-7-5-8-13-19)28(26,27)20-14-9-6-10-15-20/h5-10,12-15H,3-4,11,16-17H2,1-2H3,(H,23,25)/b22-18-. The zero-order valence-corrected chi connectivity index (χ0v) is 17.2. The predicted molar refractivity (Wildman–Crippen MR) is 111 cm³/mol. The third kappa shape index (κ3) is 6.58. The van der Waals surface area contributed by atoms with E-state index in [1.165, 1.54) is 16.4 Å². The Morgan fingerprint density at radius 2 is 1.64 bits per heavy atom. The van der Waals surface area contributed by atoms with Gasteiger partial charge in [0.1, 0.15) is 0 Å². The molecule has 0 saturated heterocycles. The quantitative estimate of drug-likeness (QED) is 0.488. The maximum absolute atomic E-state index is 13.1. The van der Waals surface area contributed by atoms with Crippen molar-refractivity contribution in [2.45, 2.75) is 44.6 Å². The molecule has 6 nitrogen and oxygen atoms in total. The molecule has 0 aliphatic carbocycles. The highest BCUT2D eigenvalue weighted by molar-refractivity contribution is 7.89. The maximum atomic E-state index is 13.1. The van der Waals surface area contributed by atoms with Crippen molar-refractivity contribution in [1.82, 2.24) is 9.73 Å². The molecule has 0 spiro atoms. The lowest BCUT2D eigenvalue weighted by Crippen LogP contribution is -2.39. The number of amides is 1. The molecule has 0 atom stereocenters. The monoisotopic (exact) mass is 401 g/mol. The minimum Gasteiger partial charge on any atom is -0.272 e. The molecule has 0 aromatic heterocycles. The predicted octanol–water partition coefficient (Wildman–Crippen LogP) is 3.56. The summed E-state index contributed by atoms with van der Waals surface area (Å²) in [5.41, 5.74) is 4.09. The molecule has 0 unspecified atom stereocenters. The molecule has 0 saturated carbocycles. The molecule has 0 heterocycles. The van der Waals surface area contributed by atoms with Gasteiger partial charge in [-0.25, -0.2) is 13.8 Å². The molecule has 1 amide bonds. The molecule has 0 radical (unpaired) electrons. The first-order chi connectivity index (χ1) is 13.4. The Morgan fingerprint density at radius 3 is 2.25 bits per heavy atom. The van der Waals surface area contributed by atoms with Crippen LogP contribution < -0.4 is 5.43 Å². The smallest absolute Gasteiger partial charge is 0.255 e. The molecule has 7 heteroatoms. The first-order valence-electron chi connectivity index (χ1n) is 9.34. The molecular weight excluding hydrogens is 374 g/mol. The molecule has 2 rings (SSSR count). The maximum Gasteiger partial charge on any atom is 0.255 e. The minimum absolute atomic E-state index is 0.101. The van der Waals surface area contributed by atoms with Crippen molar-refractivity contribution >= 4 is 21.6 Å². The third-order valence-electron chi connectivity index (χ3n) is 4.17. The van der Waals surface area contributed by atoms with Crippen LogP contribution in [-0.4, -0.2) is 30.9 Å². The van der Waals surface area contributed by atoms with Gasteiger partial charge in [0, 0.05) is 12.3 Å². The Hall–Kier alpha value is -2.51. The van der Waals surface area contributed by atoms with E-state index in [-0.39, 0.29) is 18.0 Å². The van der Waals surface area contributed by atoms with E-state index in [0.717, 1.165) is 30.5 Å². The van der Waals surface area contributed by atoms with Gasteiger partial charge in [-0.05, 0) is 37.5 Å². The second-order valence-corrected chi connectivity index (χ2v) is 8.50. The molecule has 0 fully saturated rings. The van der Waals surface area contributed by atoms with E-state index in [0.29, 0.717) is 0 Å². The number of nitrogens with zero attached hydrogens (tertiary/aromatic N) is 2. The summed E-state index contributed by atoms with van der Waals surface area (Å²) in [4.78, 5) is 12.5. The molecule has 1 N–H and O–H groups in total. The lowest BCUT2D eigenvalue weighted by atomic mass is 10.2. The molecule has 0 aliphatic rings. The number of hydrazone groups is 1. The number of nitrogens with one attached hydrogen (secondary N) is 1. The first kappa shape index (κ1) is 21.8. The molecular formula is C21H27N3O3S. The Bertz CT molecular complexity index is 882. The van der Waals surface area contributed by atoms with Crippen LogP contribution in [0.1, 0.15) is 38.7 Å². The lowest BCUT2D eigenvalue weighted by molar-refractivity contribution is -0.121. The fourth-order valence-electron chi connectivity index (χ4n) is 2.60. The van der Waals surface area contributed by atoms with Gasteiger partial charge in [0.25, 0.3) is 5.91 Å². The van der Waals surface area contributed by atoms with Gasteiger partial charge in [-0.2, -0.15) is 9.41 Å². The second kappa shape index (κ2) is 10.7. The van der Waals surface area contributed by atoms with E-state index in [4.69, 9.17) is 0 Å². The molecule has 0 aliphatic heterocycles. The fourth-order valence-corrected chi connectivity index (χ4v) is 4.00. The van der Waals surface area contributed by atoms with Gasteiger partial charge < -0.3 is 0 Å². The van der Waals surface area contributed by atoms with Crippen LogP contribution in [0.3, 0.4) is 0 Å². The van der Waals surface area contributed by atoms with Crippen LogP contribution in [0.4, 0.5) is 0 Å². The summed E-state index contributed by atoms with van der Waals surface area (Å²) in [5, 5.41) is 4.07. The highest BCUT2D eigenvalue weighted by Crippen LogP contribution is 2.18.